The molecular weight excluding hydrogens is 394 g/mol. The predicted octanol–water partition coefficient (Wildman–Crippen LogP) is 4.03. The lowest BCUT2D eigenvalue weighted by molar-refractivity contribution is -0.384. The summed E-state index contributed by atoms with van der Waals surface area (Å²) in [5, 5.41) is 15.3. The molecule has 0 unspecified atom stereocenters. The van der Waals surface area contributed by atoms with E-state index in [0.29, 0.717) is 32.7 Å². The van der Waals surface area contributed by atoms with Crippen molar-refractivity contribution in [3.63, 3.8) is 0 Å². The number of aryl methyl sites for hydroxylation is 3. The van der Waals surface area contributed by atoms with Gasteiger partial charge in [0.25, 0.3) is 5.69 Å². The molecule has 1 aromatic heterocycles. The van der Waals surface area contributed by atoms with Crippen molar-refractivity contribution < 1.29 is 9.72 Å². The fraction of sp³-hybridized carbons (Fsp3) is 0.348. The molecule has 2 N–H and O–H groups in total. The summed E-state index contributed by atoms with van der Waals surface area (Å²) in [6.07, 6.45) is 0. The molecule has 1 aliphatic heterocycles. The van der Waals surface area contributed by atoms with E-state index in [9.17, 15) is 14.9 Å². The Hall–Kier alpha value is -3.55. The number of piperazine rings is 1. The molecule has 31 heavy (non-hydrogen) atoms. The number of H-pyrrole nitrogens is 1. The molecular formula is C23H27N5O3. The summed E-state index contributed by atoms with van der Waals surface area (Å²) >= 11 is 0. The molecule has 2 heterocycles. The third kappa shape index (κ3) is 4.19. The number of anilines is 1. The molecule has 0 radical (unpaired) electrons. The normalized spacial score (nSPS) is 14.2. The van der Waals surface area contributed by atoms with Crippen molar-refractivity contribution in [2.45, 2.75) is 27.3 Å². The lowest BCUT2D eigenvalue weighted by Gasteiger charge is -2.36. The van der Waals surface area contributed by atoms with Crippen molar-refractivity contribution >= 4 is 28.3 Å². The molecule has 0 atom stereocenters. The topological polar surface area (TPSA) is 94.5 Å². The summed E-state index contributed by atoms with van der Waals surface area (Å²) in [6, 6.07) is 10.8. The second kappa shape index (κ2) is 8.29. The molecule has 8 nitrogen and oxygen atoms in total. The monoisotopic (exact) mass is 421 g/mol. The highest BCUT2D eigenvalue weighted by Crippen LogP contribution is 2.26. The van der Waals surface area contributed by atoms with Crippen LogP contribution in [0.3, 0.4) is 0 Å². The van der Waals surface area contributed by atoms with Crippen LogP contribution in [0.5, 0.6) is 0 Å². The van der Waals surface area contributed by atoms with Crippen LogP contribution in [0.1, 0.15) is 22.4 Å². The van der Waals surface area contributed by atoms with Crippen LogP contribution in [-0.4, -0.2) is 47.0 Å². The molecule has 4 rings (SSSR count). The fourth-order valence-electron chi connectivity index (χ4n) is 4.18. The Morgan fingerprint density at radius 3 is 2.58 bits per heavy atom. The van der Waals surface area contributed by atoms with Gasteiger partial charge in [0.2, 0.25) is 0 Å². The van der Waals surface area contributed by atoms with E-state index in [2.05, 4.69) is 48.1 Å². The number of rotatable bonds is 4. The summed E-state index contributed by atoms with van der Waals surface area (Å²) in [5.41, 5.74) is 6.61. The van der Waals surface area contributed by atoms with Crippen molar-refractivity contribution in [2.75, 3.05) is 31.1 Å². The number of non-ortho nitro benzene ring substituents is 1. The highest BCUT2D eigenvalue weighted by atomic mass is 16.6. The molecule has 162 valence electrons. The number of nitrogens with one attached hydrogen (secondary N) is 2. The zero-order chi connectivity index (χ0) is 22.1. The maximum atomic E-state index is 12.7. The number of fused-ring (bicyclic) bond motifs is 1. The number of carbonyl (C=O) groups excluding carboxylic acids is 1. The van der Waals surface area contributed by atoms with Gasteiger partial charge in [-0.25, -0.2) is 4.79 Å². The zero-order valence-electron chi connectivity index (χ0n) is 18.1. The number of amides is 2. The van der Waals surface area contributed by atoms with Crippen LogP contribution in [0.4, 0.5) is 16.2 Å². The van der Waals surface area contributed by atoms with Crippen LogP contribution >= 0.6 is 0 Å². The van der Waals surface area contributed by atoms with Crippen molar-refractivity contribution in [1.29, 1.82) is 0 Å². The van der Waals surface area contributed by atoms with Crippen molar-refractivity contribution in [2.24, 2.45) is 0 Å². The number of hydrogen-bond acceptors (Lipinski definition) is 4. The quantitative estimate of drug-likeness (QED) is 0.491. The van der Waals surface area contributed by atoms with Gasteiger partial charge in [-0.15, -0.1) is 0 Å². The number of nitro groups is 1. The Morgan fingerprint density at radius 2 is 1.87 bits per heavy atom. The molecule has 2 aromatic carbocycles. The Balaban J connectivity index is 1.38. The number of urea groups is 1. The van der Waals surface area contributed by atoms with Crippen LogP contribution in [0.15, 0.2) is 36.4 Å². The van der Waals surface area contributed by atoms with E-state index in [4.69, 9.17) is 0 Å². The number of hydrogen-bond donors (Lipinski definition) is 2. The van der Waals surface area contributed by atoms with E-state index in [1.54, 1.807) is 17.0 Å². The van der Waals surface area contributed by atoms with Gasteiger partial charge in [-0.05, 0) is 44.0 Å². The van der Waals surface area contributed by atoms with Crippen molar-refractivity contribution in [3.8, 4) is 0 Å². The van der Waals surface area contributed by atoms with Crippen LogP contribution in [-0.2, 0) is 6.54 Å². The second-order valence-electron chi connectivity index (χ2n) is 8.13. The molecule has 0 aliphatic carbocycles. The molecule has 2 amide bonds. The van der Waals surface area contributed by atoms with E-state index in [-0.39, 0.29) is 16.6 Å². The van der Waals surface area contributed by atoms with Gasteiger partial charge >= 0.3 is 6.03 Å². The Labute approximate surface area is 181 Å². The molecule has 0 saturated carbocycles. The number of carbonyl (C=O) groups is 1. The van der Waals surface area contributed by atoms with E-state index in [1.165, 1.54) is 22.6 Å². The van der Waals surface area contributed by atoms with E-state index >= 15 is 0 Å². The minimum atomic E-state index is -0.386. The van der Waals surface area contributed by atoms with Crippen LogP contribution in [0.2, 0.25) is 0 Å². The van der Waals surface area contributed by atoms with E-state index in [1.807, 2.05) is 6.07 Å². The third-order valence-electron chi connectivity index (χ3n) is 6.05. The van der Waals surface area contributed by atoms with Crippen molar-refractivity contribution in [1.82, 2.24) is 15.2 Å². The van der Waals surface area contributed by atoms with Crippen LogP contribution in [0.25, 0.3) is 10.9 Å². The number of benzene rings is 2. The molecule has 0 spiro atoms. The fourth-order valence-corrected chi connectivity index (χ4v) is 4.18. The van der Waals surface area contributed by atoms with E-state index < -0.39 is 0 Å². The third-order valence-corrected chi connectivity index (χ3v) is 6.05. The number of aromatic nitrogens is 1. The molecule has 3 aromatic rings. The van der Waals surface area contributed by atoms with Crippen LogP contribution < -0.4 is 10.2 Å². The average Bonchev–Trinajstić information content (AvgIpc) is 3.06. The summed E-state index contributed by atoms with van der Waals surface area (Å²) in [4.78, 5) is 30.7. The molecule has 0 bridgehead atoms. The first-order chi connectivity index (χ1) is 14.8. The Morgan fingerprint density at radius 1 is 1.13 bits per heavy atom. The Bertz CT molecular complexity index is 1150. The summed E-state index contributed by atoms with van der Waals surface area (Å²) in [5.74, 6) is 0. The molecule has 1 fully saturated rings. The highest BCUT2D eigenvalue weighted by Gasteiger charge is 2.22. The first-order valence-electron chi connectivity index (χ1n) is 10.4. The van der Waals surface area contributed by atoms with E-state index in [0.717, 1.165) is 22.5 Å². The second-order valence-corrected chi connectivity index (χ2v) is 8.13. The van der Waals surface area contributed by atoms with Crippen molar-refractivity contribution in [3.05, 3.63) is 68.9 Å². The lowest BCUT2D eigenvalue weighted by atomic mass is 10.0. The Kier molecular flexibility index (Phi) is 5.54. The summed E-state index contributed by atoms with van der Waals surface area (Å²) < 4.78 is 0. The molecule has 1 aliphatic rings. The van der Waals surface area contributed by atoms with Gasteiger partial charge < -0.3 is 20.1 Å². The minimum Gasteiger partial charge on any atom is -0.368 e. The summed E-state index contributed by atoms with van der Waals surface area (Å²) in [6.45, 7) is 9.11. The number of aromatic amines is 1. The largest absolute Gasteiger partial charge is 0.368 e. The first kappa shape index (κ1) is 20.7. The minimum absolute atomic E-state index is 0.0805. The van der Waals surface area contributed by atoms with Gasteiger partial charge in [-0.3, -0.25) is 10.1 Å². The van der Waals surface area contributed by atoms with Gasteiger partial charge in [0.05, 0.1) is 10.4 Å². The number of nitrogens with zero attached hydrogens (tertiary/aromatic N) is 3. The maximum Gasteiger partial charge on any atom is 0.317 e. The van der Waals surface area contributed by atoms with Gasteiger partial charge in [0.1, 0.15) is 0 Å². The standard InChI is InChI=1S/C23H27N5O3/c1-15-11-18(22-21(12-15)16(2)17(3)25-22)14-24-23(29)27-9-7-26(8-10-27)19-5-4-6-20(13-19)28(30)31/h4-6,11-13,25H,7-10,14H2,1-3H3,(H,24,29). The molecule has 1 saturated heterocycles. The average molecular weight is 422 g/mol. The summed E-state index contributed by atoms with van der Waals surface area (Å²) in [7, 11) is 0. The predicted molar refractivity (Wildman–Crippen MR) is 122 cm³/mol. The van der Waals surface area contributed by atoms with Gasteiger partial charge in [-0.1, -0.05) is 17.7 Å². The smallest absolute Gasteiger partial charge is 0.317 e. The highest BCUT2D eigenvalue weighted by molar-refractivity contribution is 5.88. The maximum absolute atomic E-state index is 12.7. The van der Waals surface area contributed by atoms with Gasteiger partial charge in [0.15, 0.2) is 0 Å². The SMILES string of the molecule is Cc1cc(CNC(=O)N2CCN(c3cccc([N+](=O)[O-])c3)CC2)c2[nH]c(C)c(C)c2c1. The zero-order valence-corrected chi connectivity index (χ0v) is 18.1. The van der Waals surface area contributed by atoms with Gasteiger partial charge in [-0.2, -0.15) is 0 Å². The first-order valence-corrected chi connectivity index (χ1v) is 10.4. The number of nitro benzene ring substituents is 1. The van der Waals surface area contributed by atoms with Gasteiger partial charge in [0, 0.05) is 61.6 Å². The molecule has 8 heteroatoms. The lowest BCUT2D eigenvalue weighted by Crippen LogP contribution is -2.51. The van der Waals surface area contributed by atoms with Crippen LogP contribution in [0, 0.1) is 30.9 Å².